The fourth-order valence-corrected chi connectivity index (χ4v) is 1.39. The van der Waals surface area contributed by atoms with E-state index in [9.17, 15) is 0 Å². The minimum Gasteiger partial charge on any atom is -0.115 e. The van der Waals surface area contributed by atoms with E-state index in [4.69, 9.17) is 18.0 Å². The number of terminal acetylenes is 1. The number of halogens is 1. The molecule has 0 bridgehead atoms. The standard InChI is InChI=1S/C12H10Cl/c1-4-9(3)11-8-6-7-10(5-2)12(11)13/h2,4,6-8H,1H2,3H3. The normalized spacial score (nSPS) is 9.69. The highest BCUT2D eigenvalue weighted by Crippen LogP contribution is 2.26. The van der Waals surface area contributed by atoms with Gasteiger partial charge in [-0.2, -0.15) is 0 Å². The Balaban J connectivity index is 3.25. The van der Waals surface area contributed by atoms with Gasteiger partial charge in [0.25, 0.3) is 0 Å². The van der Waals surface area contributed by atoms with Gasteiger partial charge in [0.15, 0.2) is 0 Å². The SMILES string of the molecule is C#Cc1cccc([C](C)C=C)c1Cl. The van der Waals surface area contributed by atoms with E-state index in [2.05, 4.69) is 12.5 Å². The van der Waals surface area contributed by atoms with Crippen molar-refractivity contribution in [3.05, 3.63) is 52.9 Å². The third kappa shape index (κ3) is 1.94. The largest absolute Gasteiger partial charge is 0.115 e. The molecule has 0 unspecified atom stereocenters. The first-order chi connectivity index (χ1) is 6.20. The Morgan fingerprint density at radius 1 is 1.62 bits per heavy atom. The molecule has 65 valence electrons. The summed E-state index contributed by atoms with van der Waals surface area (Å²) in [5.41, 5.74) is 1.67. The minimum atomic E-state index is 0.627. The van der Waals surface area contributed by atoms with E-state index < -0.39 is 0 Å². The summed E-state index contributed by atoms with van der Waals surface area (Å²) in [6, 6.07) is 5.64. The summed E-state index contributed by atoms with van der Waals surface area (Å²) in [4.78, 5) is 0. The highest BCUT2D eigenvalue weighted by molar-refractivity contribution is 6.32. The smallest absolute Gasteiger partial charge is 0.0603 e. The average Bonchev–Trinajstić information content (AvgIpc) is 2.17. The zero-order chi connectivity index (χ0) is 9.84. The molecule has 0 heterocycles. The van der Waals surface area contributed by atoms with Crippen molar-refractivity contribution in [2.24, 2.45) is 0 Å². The summed E-state index contributed by atoms with van der Waals surface area (Å²) >= 11 is 6.07. The molecule has 0 aliphatic carbocycles. The Bertz CT molecular complexity index is 358. The van der Waals surface area contributed by atoms with Crippen LogP contribution in [0.3, 0.4) is 0 Å². The van der Waals surface area contributed by atoms with E-state index in [1.165, 1.54) is 0 Å². The Labute approximate surface area is 84.2 Å². The summed E-state index contributed by atoms with van der Waals surface area (Å²) in [5, 5.41) is 0.627. The van der Waals surface area contributed by atoms with Crippen LogP contribution in [0.2, 0.25) is 5.02 Å². The third-order valence-electron chi connectivity index (χ3n) is 1.89. The number of allylic oxidation sites excluding steroid dienone is 1. The number of hydrogen-bond acceptors (Lipinski definition) is 0. The van der Waals surface area contributed by atoms with Crippen molar-refractivity contribution >= 4 is 11.6 Å². The van der Waals surface area contributed by atoms with Crippen molar-refractivity contribution in [1.29, 1.82) is 0 Å². The summed E-state index contributed by atoms with van der Waals surface area (Å²) in [7, 11) is 0. The van der Waals surface area contributed by atoms with Gasteiger partial charge < -0.3 is 0 Å². The molecule has 0 nitrogen and oxygen atoms in total. The van der Waals surface area contributed by atoms with Crippen LogP contribution in [0.1, 0.15) is 18.1 Å². The van der Waals surface area contributed by atoms with E-state index in [1.54, 1.807) is 6.08 Å². The highest BCUT2D eigenvalue weighted by Gasteiger charge is 2.08. The van der Waals surface area contributed by atoms with Gasteiger partial charge in [-0.1, -0.05) is 42.7 Å². The molecule has 0 aromatic heterocycles. The molecule has 1 aromatic rings. The molecule has 0 saturated heterocycles. The Kier molecular flexibility index (Phi) is 3.17. The van der Waals surface area contributed by atoms with Crippen molar-refractivity contribution in [3.8, 4) is 12.3 Å². The van der Waals surface area contributed by atoms with Crippen LogP contribution in [-0.4, -0.2) is 0 Å². The predicted molar refractivity (Wildman–Crippen MR) is 57.6 cm³/mol. The third-order valence-corrected chi connectivity index (χ3v) is 2.29. The van der Waals surface area contributed by atoms with E-state index in [0.29, 0.717) is 5.02 Å². The molecule has 0 fully saturated rings. The van der Waals surface area contributed by atoms with Crippen molar-refractivity contribution in [2.75, 3.05) is 0 Å². The zero-order valence-electron chi connectivity index (χ0n) is 7.47. The van der Waals surface area contributed by atoms with Gasteiger partial charge in [0.05, 0.1) is 5.02 Å². The minimum absolute atomic E-state index is 0.627. The van der Waals surface area contributed by atoms with Crippen LogP contribution in [0.4, 0.5) is 0 Å². The van der Waals surface area contributed by atoms with E-state index in [1.807, 2.05) is 25.1 Å². The van der Waals surface area contributed by atoms with Crippen LogP contribution in [0.5, 0.6) is 0 Å². The van der Waals surface area contributed by atoms with E-state index in [-0.39, 0.29) is 0 Å². The molecule has 1 radical (unpaired) electrons. The van der Waals surface area contributed by atoms with Gasteiger partial charge in [-0.3, -0.25) is 0 Å². The second-order valence-corrected chi connectivity index (χ2v) is 3.08. The van der Waals surface area contributed by atoms with Gasteiger partial charge in [-0.15, -0.1) is 13.0 Å². The molecule has 0 amide bonds. The second kappa shape index (κ2) is 4.16. The van der Waals surface area contributed by atoms with Crippen molar-refractivity contribution in [3.63, 3.8) is 0 Å². The molecular weight excluding hydrogens is 180 g/mol. The van der Waals surface area contributed by atoms with Gasteiger partial charge in [0, 0.05) is 11.5 Å². The van der Waals surface area contributed by atoms with Crippen LogP contribution in [-0.2, 0) is 0 Å². The fraction of sp³-hybridized carbons (Fsp3) is 0.0833. The molecule has 0 spiro atoms. The van der Waals surface area contributed by atoms with Gasteiger partial charge >= 0.3 is 0 Å². The average molecular weight is 190 g/mol. The number of benzene rings is 1. The summed E-state index contributed by atoms with van der Waals surface area (Å²) in [6.07, 6.45) is 7.06. The maximum atomic E-state index is 6.07. The number of rotatable bonds is 2. The molecular formula is C12H10Cl. The van der Waals surface area contributed by atoms with Gasteiger partial charge in [-0.25, -0.2) is 0 Å². The summed E-state index contributed by atoms with van der Waals surface area (Å²) < 4.78 is 0. The van der Waals surface area contributed by atoms with Crippen molar-refractivity contribution in [2.45, 2.75) is 6.92 Å². The lowest BCUT2D eigenvalue weighted by atomic mass is 9.99. The predicted octanol–water partition coefficient (Wildman–Crippen LogP) is 3.45. The molecule has 13 heavy (non-hydrogen) atoms. The van der Waals surface area contributed by atoms with Crippen LogP contribution >= 0.6 is 11.6 Å². The summed E-state index contributed by atoms with van der Waals surface area (Å²) in [6.45, 7) is 5.64. The second-order valence-electron chi connectivity index (χ2n) is 2.70. The maximum Gasteiger partial charge on any atom is 0.0603 e. The zero-order valence-corrected chi connectivity index (χ0v) is 8.23. The first-order valence-electron chi connectivity index (χ1n) is 3.92. The molecule has 0 aliphatic heterocycles. The molecule has 0 atom stereocenters. The Hall–Kier alpha value is -1.19. The quantitative estimate of drug-likeness (QED) is 0.626. The Morgan fingerprint density at radius 2 is 2.31 bits per heavy atom. The first-order valence-corrected chi connectivity index (χ1v) is 4.30. The molecule has 1 rings (SSSR count). The summed E-state index contributed by atoms with van der Waals surface area (Å²) in [5.74, 6) is 3.56. The monoisotopic (exact) mass is 189 g/mol. The van der Waals surface area contributed by atoms with Crippen LogP contribution in [0.15, 0.2) is 30.9 Å². The fourth-order valence-electron chi connectivity index (χ4n) is 1.06. The van der Waals surface area contributed by atoms with Gasteiger partial charge in [-0.05, 0) is 11.6 Å². The first kappa shape index (κ1) is 9.89. The van der Waals surface area contributed by atoms with Gasteiger partial charge in [0.2, 0.25) is 0 Å². The lowest BCUT2D eigenvalue weighted by molar-refractivity contribution is 1.25. The van der Waals surface area contributed by atoms with Crippen molar-refractivity contribution < 1.29 is 0 Å². The highest BCUT2D eigenvalue weighted by atomic mass is 35.5. The van der Waals surface area contributed by atoms with Crippen LogP contribution < -0.4 is 0 Å². The molecule has 1 aromatic carbocycles. The van der Waals surface area contributed by atoms with Crippen LogP contribution in [0, 0.1) is 18.3 Å². The van der Waals surface area contributed by atoms with Crippen molar-refractivity contribution in [1.82, 2.24) is 0 Å². The van der Waals surface area contributed by atoms with E-state index in [0.717, 1.165) is 17.0 Å². The molecule has 1 heteroatoms. The lowest BCUT2D eigenvalue weighted by Crippen LogP contribution is -1.92. The van der Waals surface area contributed by atoms with Gasteiger partial charge in [0.1, 0.15) is 0 Å². The lowest BCUT2D eigenvalue weighted by Gasteiger charge is -2.08. The molecule has 0 N–H and O–H groups in total. The molecule has 0 saturated carbocycles. The molecule has 0 aliphatic rings. The maximum absolute atomic E-state index is 6.07. The Morgan fingerprint density at radius 3 is 2.85 bits per heavy atom. The topological polar surface area (TPSA) is 0 Å². The van der Waals surface area contributed by atoms with E-state index >= 15 is 0 Å². The number of hydrogen-bond donors (Lipinski definition) is 0. The van der Waals surface area contributed by atoms with Crippen LogP contribution in [0.25, 0.3) is 0 Å².